The van der Waals surface area contributed by atoms with Gasteiger partial charge < -0.3 is 4.57 Å². The molecule has 0 atom stereocenters. The van der Waals surface area contributed by atoms with Crippen molar-refractivity contribution in [3.8, 4) is 56.2 Å². The van der Waals surface area contributed by atoms with E-state index in [1.165, 1.54) is 71.2 Å². The van der Waals surface area contributed by atoms with Crippen LogP contribution < -0.4 is 10.4 Å². The predicted octanol–water partition coefficient (Wildman–Crippen LogP) is 10.3. The van der Waals surface area contributed by atoms with E-state index >= 15 is 0 Å². The molecule has 0 bridgehead atoms. The summed E-state index contributed by atoms with van der Waals surface area (Å²) in [5.74, 6) is 2.10. The smallest absolute Gasteiger partial charge is 0.164 e. The molecule has 0 aliphatic heterocycles. The van der Waals surface area contributed by atoms with Gasteiger partial charge in [0.05, 0.1) is 5.52 Å². The summed E-state index contributed by atoms with van der Waals surface area (Å²) in [5.41, 5.74) is 13.2. The molecule has 2 aromatic heterocycles. The van der Waals surface area contributed by atoms with Gasteiger partial charge in [-0.2, -0.15) is 0 Å². The number of fused-ring (bicyclic) bond motifs is 7. The molecule has 2 aliphatic carbocycles. The molecule has 0 unspecified atom stereocenters. The van der Waals surface area contributed by atoms with E-state index in [-0.39, 0.29) is 0 Å². The molecule has 4 heteroatoms. The van der Waals surface area contributed by atoms with E-state index in [0.717, 1.165) is 35.4 Å². The second-order valence-corrected chi connectivity index (χ2v) is 13.9. The lowest BCUT2D eigenvalue weighted by atomic mass is 9.91. The van der Waals surface area contributed by atoms with Crippen LogP contribution in [-0.2, 0) is 0 Å². The molecule has 53 heavy (non-hydrogen) atoms. The average molecular weight is 677 g/mol. The van der Waals surface area contributed by atoms with Crippen LogP contribution in [0.4, 0.5) is 0 Å². The number of hydrogen-bond acceptors (Lipinski definition) is 3. The molecule has 9 aromatic rings. The molecule has 2 heterocycles. The minimum atomic E-state index is 0.684. The van der Waals surface area contributed by atoms with Crippen molar-refractivity contribution in [2.75, 3.05) is 0 Å². The van der Waals surface area contributed by atoms with Gasteiger partial charge in [0.2, 0.25) is 0 Å². The monoisotopic (exact) mass is 676 g/mol. The van der Waals surface area contributed by atoms with Crippen molar-refractivity contribution >= 4 is 32.9 Å². The van der Waals surface area contributed by atoms with Gasteiger partial charge in [-0.05, 0) is 74.8 Å². The average Bonchev–Trinajstić information content (AvgIpc) is 3.58. The van der Waals surface area contributed by atoms with Crippen LogP contribution in [-0.4, -0.2) is 19.5 Å². The van der Waals surface area contributed by atoms with Gasteiger partial charge in [0.15, 0.2) is 17.5 Å². The predicted molar refractivity (Wildman–Crippen MR) is 216 cm³/mol. The first-order chi connectivity index (χ1) is 26.3. The third-order valence-corrected chi connectivity index (χ3v) is 10.9. The Morgan fingerprint density at radius 2 is 0.925 bits per heavy atom. The SMILES string of the molecule is c1ccc(-c2nc(C3=c4ccccc4=C(n4cc5c6c(cccc64)-c4ccccc4-c4cc6ccccc6cc4-5)CC3)nc(-c3ccccc3)n2)cc1. The molecular formula is C49H32N4. The van der Waals surface area contributed by atoms with Crippen LogP contribution >= 0.6 is 0 Å². The fourth-order valence-electron chi connectivity index (χ4n) is 8.51. The van der Waals surface area contributed by atoms with Crippen LogP contribution in [0.3, 0.4) is 0 Å². The lowest BCUT2D eigenvalue weighted by molar-refractivity contribution is 0.925. The molecule has 0 radical (unpaired) electrons. The Kier molecular flexibility index (Phi) is 6.65. The van der Waals surface area contributed by atoms with E-state index in [9.17, 15) is 0 Å². The summed E-state index contributed by atoms with van der Waals surface area (Å²) < 4.78 is 2.47. The molecule has 7 aromatic carbocycles. The van der Waals surface area contributed by atoms with E-state index in [2.05, 4.69) is 138 Å². The summed E-state index contributed by atoms with van der Waals surface area (Å²) in [7, 11) is 0. The molecular weight excluding hydrogens is 645 g/mol. The standard InChI is InChI=1S/C49H32N4/c1-3-14-31(15-4-1)47-50-48(32-16-5-2-6-17-32)52-49(51-47)40-26-27-44(38-23-12-11-22-37(38)40)53-30-43-42-29-34-19-8-7-18-33(34)28-41(42)36-21-10-9-20-35(36)39-24-13-25-45(53)46(39)43/h1-25,28-30H,26-27H2. The van der Waals surface area contributed by atoms with E-state index in [1.807, 2.05) is 36.4 Å². The van der Waals surface area contributed by atoms with Gasteiger partial charge in [-0.25, -0.2) is 15.0 Å². The Bertz CT molecular complexity index is 2990. The van der Waals surface area contributed by atoms with E-state index < -0.39 is 0 Å². The van der Waals surface area contributed by atoms with Gasteiger partial charge in [-0.15, -0.1) is 0 Å². The van der Waals surface area contributed by atoms with Crippen LogP contribution in [0.15, 0.2) is 170 Å². The molecule has 0 fully saturated rings. The van der Waals surface area contributed by atoms with Crippen LogP contribution in [0.1, 0.15) is 18.7 Å². The zero-order valence-corrected chi connectivity index (χ0v) is 28.9. The summed E-state index contributed by atoms with van der Waals surface area (Å²) >= 11 is 0. The molecule has 0 amide bonds. The molecule has 0 saturated heterocycles. The van der Waals surface area contributed by atoms with Crippen molar-refractivity contribution in [1.29, 1.82) is 0 Å². The summed E-state index contributed by atoms with van der Waals surface area (Å²) in [6.07, 6.45) is 4.04. The van der Waals surface area contributed by atoms with Crippen LogP contribution in [0, 0.1) is 0 Å². The summed E-state index contributed by atoms with van der Waals surface area (Å²) in [6, 6.07) is 58.4. The van der Waals surface area contributed by atoms with Gasteiger partial charge in [-0.3, -0.25) is 0 Å². The fourth-order valence-corrected chi connectivity index (χ4v) is 8.51. The second-order valence-electron chi connectivity index (χ2n) is 13.9. The number of aromatic nitrogens is 4. The molecule has 248 valence electrons. The summed E-state index contributed by atoms with van der Waals surface area (Å²) in [4.78, 5) is 15.2. The molecule has 4 nitrogen and oxygen atoms in total. The van der Waals surface area contributed by atoms with Crippen LogP contribution in [0.5, 0.6) is 0 Å². The van der Waals surface area contributed by atoms with Gasteiger partial charge in [0.25, 0.3) is 0 Å². The maximum Gasteiger partial charge on any atom is 0.164 e. The topological polar surface area (TPSA) is 43.6 Å². The zero-order chi connectivity index (χ0) is 34.9. The maximum absolute atomic E-state index is 5.14. The van der Waals surface area contributed by atoms with E-state index in [1.54, 1.807) is 0 Å². The highest BCUT2D eigenvalue weighted by Gasteiger charge is 2.26. The van der Waals surface area contributed by atoms with Crippen molar-refractivity contribution < 1.29 is 0 Å². The van der Waals surface area contributed by atoms with Gasteiger partial charge in [0, 0.05) is 44.8 Å². The molecule has 2 aliphatic rings. The highest BCUT2D eigenvalue weighted by atomic mass is 15.0. The van der Waals surface area contributed by atoms with Crippen LogP contribution in [0.2, 0.25) is 0 Å². The fraction of sp³-hybridized carbons (Fsp3) is 0.0408. The van der Waals surface area contributed by atoms with Crippen LogP contribution in [0.25, 0.3) is 89.1 Å². The quantitative estimate of drug-likeness (QED) is 0.186. The molecule has 0 saturated carbocycles. The van der Waals surface area contributed by atoms with E-state index in [0.29, 0.717) is 11.6 Å². The van der Waals surface area contributed by atoms with E-state index in [4.69, 9.17) is 15.0 Å². The normalized spacial score (nSPS) is 13.1. The van der Waals surface area contributed by atoms with Crippen molar-refractivity contribution in [3.63, 3.8) is 0 Å². The van der Waals surface area contributed by atoms with Crippen molar-refractivity contribution in [2.45, 2.75) is 12.8 Å². The first kappa shape index (κ1) is 29.8. The zero-order valence-electron chi connectivity index (χ0n) is 28.9. The third-order valence-electron chi connectivity index (χ3n) is 10.9. The highest BCUT2D eigenvalue weighted by Crippen LogP contribution is 2.49. The van der Waals surface area contributed by atoms with Crippen molar-refractivity contribution in [2.24, 2.45) is 0 Å². The van der Waals surface area contributed by atoms with Gasteiger partial charge in [0.1, 0.15) is 0 Å². The van der Waals surface area contributed by atoms with Gasteiger partial charge in [-0.1, -0.05) is 146 Å². The number of rotatable bonds is 4. The molecule has 0 spiro atoms. The first-order valence-electron chi connectivity index (χ1n) is 18.2. The Morgan fingerprint density at radius 1 is 0.396 bits per heavy atom. The second kappa shape index (κ2) is 11.8. The Labute approximate surface area is 306 Å². The lowest BCUT2D eigenvalue weighted by Gasteiger charge is -2.19. The minimum absolute atomic E-state index is 0.684. The third kappa shape index (κ3) is 4.73. The number of hydrogen-bond donors (Lipinski definition) is 0. The summed E-state index contributed by atoms with van der Waals surface area (Å²) in [6.45, 7) is 0. The van der Waals surface area contributed by atoms with Gasteiger partial charge >= 0.3 is 0 Å². The lowest BCUT2D eigenvalue weighted by Crippen LogP contribution is -2.34. The Morgan fingerprint density at radius 3 is 1.60 bits per heavy atom. The molecule has 0 N–H and O–H groups in total. The van der Waals surface area contributed by atoms with Crippen molar-refractivity contribution in [1.82, 2.24) is 19.5 Å². The number of nitrogens with zero attached hydrogens (tertiary/aromatic N) is 4. The highest BCUT2D eigenvalue weighted by molar-refractivity contribution is 6.15. The first-order valence-corrected chi connectivity index (χ1v) is 18.2. The van der Waals surface area contributed by atoms with Crippen molar-refractivity contribution in [3.05, 3.63) is 186 Å². The largest absolute Gasteiger partial charge is 0.319 e. The Hall–Kier alpha value is -6.91. The summed E-state index contributed by atoms with van der Waals surface area (Å²) in [5, 5.41) is 6.18. The number of benzene rings is 7. The maximum atomic E-state index is 5.14. The minimum Gasteiger partial charge on any atom is -0.319 e. The Balaban J connectivity index is 1.18. The molecule has 11 rings (SSSR count).